The van der Waals surface area contributed by atoms with Gasteiger partial charge < -0.3 is 20.3 Å². The van der Waals surface area contributed by atoms with E-state index in [0.717, 1.165) is 0 Å². The average Bonchev–Trinajstić information content (AvgIpc) is 2.40. The van der Waals surface area contributed by atoms with Crippen LogP contribution in [-0.4, -0.2) is 42.6 Å². The van der Waals surface area contributed by atoms with Crippen molar-refractivity contribution in [2.24, 2.45) is 5.41 Å². The fraction of sp³-hybridized carbons (Fsp3) is 0.571. The summed E-state index contributed by atoms with van der Waals surface area (Å²) in [6.07, 6.45) is -0.640. The number of hydrogen-bond acceptors (Lipinski definition) is 4. The molecule has 1 aromatic carbocycles. The summed E-state index contributed by atoms with van der Waals surface area (Å²) >= 11 is 11.7. The van der Waals surface area contributed by atoms with Crippen molar-refractivity contribution in [1.82, 2.24) is 5.32 Å². The van der Waals surface area contributed by atoms with E-state index in [1.54, 1.807) is 18.2 Å². The van der Waals surface area contributed by atoms with Crippen molar-refractivity contribution in [1.29, 1.82) is 0 Å². The number of halogens is 2. The average molecular weight is 322 g/mol. The maximum absolute atomic E-state index is 9.79. The molecule has 20 heavy (non-hydrogen) atoms. The summed E-state index contributed by atoms with van der Waals surface area (Å²) in [6.45, 7) is 5.15. The van der Waals surface area contributed by atoms with Gasteiger partial charge in [-0.2, -0.15) is 0 Å². The van der Waals surface area contributed by atoms with E-state index in [1.807, 2.05) is 13.8 Å². The van der Waals surface area contributed by atoms with Gasteiger partial charge in [0.15, 0.2) is 0 Å². The summed E-state index contributed by atoms with van der Waals surface area (Å²) in [4.78, 5) is 0. The molecule has 0 fully saturated rings. The first kappa shape index (κ1) is 17.5. The van der Waals surface area contributed by atoms with Crippen molar-refractivity contribution < 1.29 is 14.9 Å². The third kappa shape index (κ3) is 6.29. The van der Waals surface area contributed by atoms with Crippen molar-refractivity contribution in [3.05, 3.63) is 28.2 Å². The highest BCUT2D eigenvalue weighted by Crippen LogP contribution is 2.26. The number of aliphatic hydroxyl groups is 2. The highest BCUT2D eigenvalue weighted by molar-refractivity contribution is 6.42. The molecule has 0 radical (unpaired) electrons. The lowest BCUT2D eigenvalue weighted by Crippen LogP contribution is -2.38. The van der Waals surface area contributed by atoms with Crippen molar-refractivity contribution in [3.8, 4) is 5.75 Å². The minimum Gasteiger partial charge on any atom is -0.491 e. The van der Waals surface area contributed by atoms with Gasteiger partial charge in [-0.25, -0.2) is 0 Å². The Kier molecular flexibility index (Phi) is 7.06. The molecule has 0 aliphatic rings. The maximum Gasteiger partial charge on any atom is 0.121 e. The lowest BCUT2D eigenvalue weighted by Gasteiger charge is -2.23. The molecule has 1 rings (SSSR count). The quantitative estimate of drug-likeness (QED) is 0.687. The van der Waals surface area contributed by atoms with Crippen molar-refractivity contribution in [3.63, 3.8) is 0 Å². The van der Waals surface area contributed by atoms with Gasteiger partial charge in [0.1, 0.15) is 18.5 Å². The third-order valence-electron chi connectivity index (χ3n) is 2.74. The monoisotopic (exact) mass is 321 g/mol. The zero-order valence-electron chi connectivity index (χ0n) is 11.7. The summed E-state index contributed by atoms with van der Waals surface area (Å²) in [5, 5.41) is 22.9. The highest BCUT2D eigenvalue weighted by atomic mass is 35.5. The van der Waals surface area contributed by atoms with Crippen LogP contribution in [0.5, 0.6) is 5.75 Å². The van der Waals surface area contributed by atoms with Gasteiger partial charge in [-0.1, -0.05) is 37.0 Å². The van der Waals surface area contributed by atoms with Gasteiger partial charge >= 0.3 is 0 Å². The van der Waals surface area contributed by atoms with Gasteiger partial charge in [-0.15, -0.1) is 0 Å². The van der Waals surface area contributed by atoms with Gasteiger partial charge in [0, 0.05) is 31.2 Å². The molecule has 0 spiro atoms. The summed E-state index contributed by atoms with van der Waals surface area (Å²) in [6, 6.07) is 4.95. The van der Waals surface area contributed by atoms with Gasteiger partial charge in [-0.3, -0.25) is 0 Å². The second kappa shape index (κ2) is 8.05. The normalized spacial score (nSPS) is 13.3. The molecule has 1 aromatic rings. The zero-order valence-corrected chi connectivity index (χ0v) is 13.2. The third-order valence-corrected chi connectivity index (χ3v) is 3.48. The lowest BCUT2D eigenvalue weighted by molar-refractivity contribution is 0.0980. The van der Waals surface area contributed by atoms with Gasteiger partial charge in [-0.05, 0) is 12.1 Å². The van der Waals surface area contributed by atoms with E-state index >= 15 is 0 Å². The number of hydrogen-bond donors (Lipinski definition) is 3. The Morgan fingerprint density at radius 2 is 2.00 bits per heavy atom. The zero-order chi connectivity index (χ0) is 15.2. The number of rotatable bonds is 8. The Balaban J connectivity index is 2.29. The van der Waals surface area contributed by atoms with Crippen molar-refractivity contribution in [2.45, 2.75) is 20.0 Å². The van der Waals surface area contributed by atoms with E-state index in [4.69, 9.17) is 33.0 Å². The van der Waals surface area contributed by atoms with Crippen LogP contribution in [0.15, 0.2) is 18.2 Å². The predicted octanol–water partition coefficient (Wildman–Crippen LogP) is 2.34. The standard InChI is InChI=1S/C14H21Cl2NO3/c1-14(2,9-18)8-17-6-10(19)7-20-11-3-4-12(15)13(16)5-11/h3-5,10,17-19H,6-9H2,1-2H3. The Morgan fingerprint density at radius 1 is 1.30 bits per heavy atom. The molecular weight excluding hydrogens is 301 g/mol. The summed E-state index contributed by atoms with van der Waals surface area (Å²) < 4.78 is 5.43. The largest absolute Gasteiger partial charge is 0.491 e. The van der Waals surface area contributed by atoms with E-state index < -0.39 is 6.10 Å². The van der Waals surface area contributed by atoms with Crippen LogP contribution < -0.4 is 10.1 Å². The van der Waals surface area contributed by atoms with E-state index in [0.29, 0.717) is 28.9 Å². The van der Waals surface area contributed by atoms with Gasteiger partial charge in [0.2, 0.25) is 0 Å². The molecule has 0 aromatic heterocycles. The highest BCUT2D eigenvalue weighted by Gasteiger charge is 2.16. The molecule has 0 heterocycles. The summed E-state index contributed by atoms with van der Waals surface area (Å²) in [5.41, 5.74) is -0.204. The molecular formula is C14H21Cl2NO3. The van der Waals surface area contributed by atoms with Gasteiger partial charge in [0.25, 0.3) is 0 Å². The van der Waals surface area contributed by atoms with Crippen LogP contribution >= 0.6 is 23.2 Å². The molecule has 0 amide bonds. The van der Waals surface area contributed by atoms with Crippen molar-refractivity contribution >= 4 is 23.2 Å². The predicted molar refractivity (Wildman–Crippen MR) is 81.7 cm³/mol. The van der Waals surface area contributed by atoms with E-state index in [2.05, 4.69) is 5.32 Å². The molecule has 0 saturated carbocycles. The van der Waals surface area contributed by atoms with Crippen LogP contribution in [0.1, 0.15) is 13.8 Å². The molecule has 1 unspecified atom stereocenters. The Labute approximate surface area is 129 Å². The van der Waals surface area contributed by atoms with Crippen LogP contribution in [0.4, 0.5) is 0 Å². The number of ether oxygens (including phenoxy) is 1. The molecule has 4 nitrogen and oxygen atoms in total. The molecule has 6 heteroatoms. The van der Waals surface area contributed by atoms with Crippen LogP contribution in [-0.2, 0) is 0 Å². The van der Waals surface area contributed by atoms with E-state index in [1.165, 1.54) is 0 Å². The number of aliphatic hydroxyl groups excluding tert-OH is 2. The smallest absolute Gasteiger partial charge is 0.121 e. The molecule has 0 aliphatic carbocycles. The fourth-order valence-electron chi connectivity index (χ4n) is 1.45. The molecule has 1 atom stereocenters. The first-order chi connectivity index (χ1) is 9.34. The summed E-state index contributed by atoms with van der Waals surface area (Å²) in [5.74, 6) is 0.564. The minimum atomic E-state index is -0.640. The van der Waals surface area contributed by atoms with Gasteiger partial charge in [0.05, 0.1) is 10.0 Å². The minimum absolute atomic E-state index is 0.0931. The second-order valence-corrected chi connectivity index (χ2v) is 6.31. The van der Waals surface area contributed by atoms with E-state index in [9.17, 15) is 5.11 Å². The molecule has 3 N–H and O–H groups in total. The van der Waals surface area contributed by atoms with Crippen LogP contribution in [0.25, 0.3) is 0 Å². The molecule has 0 aliphatic heterocycles. The molecule has 0 bridgehead atoms. The Hall–Kier alpha value is -0.520. The topological polar surface area (TPSA) is 61.7 Å². The fourth-order valence-corrected chi connectivity index (χ4v) is 1.74. The van der Waals surface area contributed by atoms with Crippen molar-refractivity contribution in [2.75, 3.05) is 26.3 Å². The summed E-state index contributed by atoms with van der Waals surface area (Å²) in [7, 11) is 0. The van der Waals surface area contributed by atoms with E-state index in [-0.39, 0.29) is 18.6 Å². The molecule has 114 valence electrons. The SMILES string of the molecule is CC(C)(CO)CNCC(O)COc1ccc(Cl)c(Cl)c1. The molecule has 0 saturated heterocycles. The Morgan fingerprint density at radius 3 is 2.60 bits per heavy atom. The van der Waals surface area contributed by atoms with Crippen LogP contribution in [0, 0.1) is 5.41 Å². The maximum atomic E-state index is 9.79. The number of nitrogens with one attached hydrogen (secondary N) is 1. The first-order valence-electron chi connectivity index (χ1n) is 6.41. The lowest BCUT2D eigenvalue weighted by atomic mass is 9.95. The first-order valence-corrected chi connectivity index (χ1v) is 7.17. The number of benzene rings is 1. The Bertz CT molecular complexity index is 427. The van der Waals surface area contributed by atoms with Crippen LogP contribution in [0.2, 0.25) is 10.0 Å². The second-order valence-electron chi connectivity index (χ2n) is 5.49. The van der Waals surface area contributed by atoms with Crippen LogP contribution in [0.3, 0.4) is 0 Å².